The zero-order valence-electron chi connectivity index (χ0n) is 4.45. The van der Waals surface area contributed by atoms with Crippen molar-refractivity contribution < 1.29 is 22.6 Å². The van der Waals surface area contributed by atoms with E-state index in [-0.39, 0.29) is 0 Å². The topological polar surface area (TPSA) is 25.1 Å². The zero-order chi connectivity index (χ0) is 6.91. The lowest BCUT2D eigenvalue weighted by Gasteiger charge is -2.03. The van der Waals surface area contributed by atoms with Gasteiger partial charge < -0.3 is 0 Å². The number of epoxide rings is 2. The van der Waals surface area contributed by atoms with Gasteiger partial charge in [-0.1, -0.05) is 0 Å². The lowest BCUT2D eigenvalue weighted by Crippen LogP contribution is -2.24. The molecule has 0 aliphatic carbocycles. The third-order valence-corrected chi connectivity index (χ3v) is 1.56. The van der Waals surface area contributed by atoms with E-state index in [2.05, 4.69) is 9.47 Å². The quantitative estimate of drug-likeness (QED) is 0.469. The van der Waals surface area contributed by atoms with Gasteiger partial charge in [0.25, 0.3) is 0 Å². The molecule has 52 valence electrons. The summed E-state index contributed by atoms with van der Waals surface area (Å²) >= 11 is 0. The van der Waals surface area contributed by atoms with Crippen LogP contribution in [0.1, 0.15) is 6.92 Å². The molecule has 2 aliphatic heterocycles. The van der Waals surface area contributed by atoms with Crippen molar-refractivity contribution in [1.82, 2.24) is 0 Å². The van der Waals surface area contributed by atoms with Crippen molar-refractivity contribution in [3.8, 4) is 0 Å². The number of ether oxygens (including phenoxy) is 2. The van der Waals surface area contributed by atoms with Crippen LogP contribution in [0.3, 0.4) is 0 Å². The number of rotatable bonds is 0. The normalized spacial score (nSPS) is 54.7. The SMILES string of the molecule is CC12OC1(C(F)(F)F)O2. The minimum absolute atomic E-state index is 1.26. The van der Waals surface area contributed by atoms with E-state index >= 15 is 0 Å². The van der Waals surface area contributed by atoms with Crippen LogP contribution in [0.5, 0.6) is 0 Å². The second kappa shape index (κ2) is 0.894. The van der Waals surface area contributed by atoms with Crippen LogP contribution in [-0.4, -0.2) is 17.8 Å². The van der Waals surface area contributed by atoms with Crippen LogP contribution in [0.25, 0.3) is 0 Å². The first-order valence-electron chi connectivity index (χ1n) is 2.38. The largest absolute Gasteiger partial charge is 0.449 e. The Morgan fingerprint density at radius 2 is 1.56 bits per heavy atom. The predicted octanol–water partition coefficient (Wildman–Crippen LogP) is 1.02. The monoisotopic (exact) mass is 140 g/mol. The maximum absolute atomic E-state index is 11.7. The van der Waals surface area contributed by atoms with Gasteiger partial charge in [0.1, 0.15) is 0 Å². The maximum atomic E-state index is 11.7. The number of alkyl halides is 3. The molecule has 5 heteroatoms. The molecule has 0 N–H and O–H groups in total. The average molecular weight is 140 g/mol. The summed E-state index contributed by atoms with van der Waals surface area (Å²) in [7, 11) is 0. The molecule has 2 nitrogen and oxygen atoms in total. The molecular formula is C4H3F3O2. The Bertz CT molecular complexity index is 167. The smallest absolute Gasteiger partial charge is 0.300 e. The number of hydrogen-bond acceptors (Lipinski definition) is 2. The minimum Gasteiger partial charge on any atom is -0.300 e. The van der Waals surface area contributed by atoms with E-state index in [1.807, 2.05) is 0 Å². The van der Waals surface area contributed by atoms with E-state index in [0.717, 1.165) is 0 Å². The Labute approximate surface area is 48.5 Å². The van der Waals surface area contributed by atoms with E-state index in [1.54, 1.807) is 0 Å². The fourth-order valence-corrected chi connectivity index (χ4v) is 0.878. The summed E-state index contributed by atoms with van der Waals surface area (Å²) in [6.07, 6.45) is -4.36. The first-order chi connectivity index (χ1) is 3.91. The molecule has 2 fully saturated rings. The lowest BCUT2D eigenvalue weighted by atomic mass is 10.3. The van der Waals surface area contributed by atoms with Crippen LogP contribution in [0, 0.1) is 0 Å². The van der Waals surface area contributed by atoms with Crippen molar-refractivity contribution in [2.24, 2.45) is 0 Å². The van der Waals surface area contributed by atoms with E-state index in [1.165, 1.54) is 6.92 Å². The first kappa shape index (κ1) is 5.49. The minimum atomic E-state index is -4.36. The Morgan fingerprint density at radius 1 is 1.22 bits per heavy atom. The second-order valence-electron chi connectivity index (χ2n) is 2.26. The molecule has 2 aliphatic rings. The summed E-state index contributed by atoms with van der Waals surface area (Å²) in [6, 6.07) is 0. The molecule has 2 saturated heterocycles. The van der Waals surface area contributed by atoms with E-state index in [4.69, 9.17) is 0 Å². The van der Waals surface area contributed by atoms with Gasteiger partial charge in [-0.15, -0.1) is 0 Å². The van der Waals surface area contributed by atoms with Crippen molar-refractivity contribution >= 4 is 0 Å². The molecule has 0 aromatic heterocycles. The highest BCUT2D eigenvalue weighted by Crippen LogP contribution is 2.73. The van der Waals surface area contributed by atoms with E-state index in [0.29, 0.717) is 0 Å². The van der Waals surface area contributed by atoms with Gasteiger partial charge in [0.15, 0.2) is 0 Å². The summed E-state index contributed by atoms with van der Waals surface area (Å²) in [5.41, 5.74) is 0. The van der Waals surface area contributed by atoms with Crippen LogP contribution in [0.2, 0.25) is 0 Å². The number of halogens is 3. The van der Waals surface area contributed by atoms with Crippen LogP contribution in [-0.2, 0) is 9.47 Å². The summed E-state index contributed by atoms with van der Waals surface area (Å²) in [6.45, 7) is 1.26. The van der Waals surface area contributed by atoms with Gasteiger partial charge in [0.05, 0.1) is 0 Å². The zero-order valence-corrected chi connectivity index (χ0v) is 4.45. The van der Waals surface area contributed by atoms with Gasteiger partial charge in [-0.05, 0) is 6.92 Å². The molecule has 2 heterocycles. The summed E-state index contributed by atoms with van der Waals surface area (Å²) in [4.78, 5) is 0. The highest BCUT2D eigenvalue weighted by molar-refractivity contribution is 5.19. The third kappa shape index (κ3) is 0.380. The molecule has 0 radical (unpaired) electrons. The van der Waals surface area contributed by atoms with Gasteiger partial charge in [0, 0.05) is 0 Å². The molecule has 0 aromatic rings. The Hall–Kier alpha value is -0.290. The fourth-order valence-electron chi connectivity index (χ4n) is 0.878. The van der Waals surface area contributed by atoms with Crippen LogP contribution in [0.15, 0.2) is 0 Å². The van der Waals surface area contributed by atoms with Gasteiger partial charge in [-0.2, -0.15) is 13.2 Å². The first-order valence-corrected chi connectivity index (χ1v) is 2.38. The van der Waals surface area contributed by atoms with Crippen molar-refractivity contribution in [2.75, 3.05) is 0 Å². The van der Waals surface area contributed by atoms with Gasteiger partial charge in [-0.3, -0.25) is 9.47 Å². The predicted molar refractivity (Wildman–Crippen MR) is 19.4 cm³/mol. The molecule has 9 heavy (non-hydrogen) atoms. The molecule has 0 unspecified atom stereocenters. The second-order valence-corrected chi connectivity index (χ2v) is 2.26. The molecule has 0 atom stereocenters. The van der Waals surface area contributed by atoms with Crippen LogP contribution >= 0.6 is 0 Å². The Kier molecular flexibility index (Phi) is 0.545. The molecule has 2 rings (SSSR count). The van der Waals surface area contributed by atoms with Crippen molar-refractivity contribution in [2.45, 2.75) is 24.7 Å². The fraction of sp³-hybridized carbons (Fsp3) is 1.00. The van der Waals surface area contributed by atoms with Gasteiger partial charge in [0.2, 0.25) is 5.79 Å². The summed E-state index contributed by atoms with van der Waals surface area (Å²) < 4.78 is 43.4. The maximum Gasteiger partial charge on any atom is 0.449 e. The Balaban J connectivity index is 2.20. The average Bonchev–Trinajstić information content (AvgIpc) is 2.17. The van der Waals surface area contributed by atoms with E-state index < -0.39 is 17.8 Å². The standard InChI is InChI=1S/C4H3F3O2/c1-2-3(8-2,9-2)4(5,6)7/h1H3. The molecule has 0 spiro atoms. The van der Waals surface area contributed by atoms with E-state index in [9.17, 15) is 13.2 Å². The molecule has 0 saturated carbocycles. The van der Waals surface area contributed by atoms with Crippen LogP contribution < -0.4 is 0 Å². The molecule has 0 aromatic carbocycles. The number of hydrogen-bond donors (Lipinski definition) is 0. The lowest BCUT2D eigenvalue weighted by molar-refractivity contribution is -0.253. The van der Waals surface area contributed by atoms with Crippen molar-refractivity contribution in [1.29, 1.82) is 0 Å². The van der Waals surface area contributed by atoms with Crippen molar-refractivity contribution in [3.05, 3.63) is 0 Å². The highest BCUT2D eigenvalue weighted by atomic mass is 19.4. The molecular weight excluding hydrogens is 137 g/mol. The Morgan fingerprint density at radius 3 is 1.56 bits per heavy atom. The van der Waals surface area contributed by atoms with Gasteiger partial charge >= 0.3 is 12.0 Å². The molecule has 0 bridgehead atoms. The molecule has 0 amide bonds. The van der Waals surface area contributed by atoms with Crippen LogP contribution in [0.4, 0.5) is 13.2 Å². The highest BCUT2D eigenvalue weighted by Gasteiger charge is 2.99. The van der Waals surface area contributed by atoms with Crippen molar-refractivity contribution in [3.63, 3.8) is 0 Å². The summed E-state index contributed by atoms with van der Waals surface area (Å²) in [5, 5.41) is 0. The summed E-state index contributed by atoms with van der Waals surface area (Å²) in [5.74, 6) is -3.54. The van der Waals surface area contributed by atoms with Gasteiger partial charge in [-0.25, -0.2) is 0 Å². The number of fused-ring (bicyclic) bond motifs is 1. The third-order valence-electron chi connectivity index (χ3n) is 1.56.